The summed E-state index contributed by atoms with van der Waals surface area (Å²) in [6.07, 6.45) is 3.92. The van der Waals surface area contributed by atoms with E-state index < -0.39 is 0 Å². The highest BCUT2D eigenvalue weighted by Gasteiger charge is 2.13. The Labute approximate surface area is 131 Å². The van der Waals surface area contributed by atoms with Gasteiger partial charge in [-0.15, -0.1) is 0 Å². The van der Waals surface area contributed by atoms with E-state index in [1.165, 1.54) is 9.13 Å². The molecular weight excluding hydrogens is 298 g/mol. The number of fused-ring (bicyclic) bond motifs is 1. The lowest BCUT2D eigenvalue weighted by molar-refractivity contribution is 0.374. The van der Waals surface area contributed by atoms with Crippen molar-refractivity contribution in [3.8, 4) is 0 Å². The lowest BCUT2D eigenvalue weighted by Crippen LogP contribution is -2.39. The van der Waals surface area contributed by atoms with Crippen molar-refractivity contribution in [2.24, 2.45) is 14.1 Å². The molecule has 0 aromatic carbocycles. The van der Waals surface area contributed by atoms with Gasteiger partial charge in [0.15, 0.2) is 5.52 Å². The van der Waals surface area contributed by atoms with Crippen LogP contribution >= 0.6 is 0 Å². The molecule has 0 aliphatic carbocycles. The third kappa shape index (κ3) is 2.84. The monoisotopic (exact) mass is 317 g/mol. The van der Waals surface area contributed by atoms with E-state index in [1.807, 2.05) is 13.0 Å². The van der Waals surface area contributed by atoms with Crippen LogP contribution in [0, 0.1) is 6.92 Å². The minimum atomic E-state index is -0.334. The molecule has 0 aliphatic rings. The van der Waals surface area contributed by atoms with Crippen LogP contribution in [-0.4, -0.2) is 24.1 Å². The van der Waals surface area contributed by atoms with Crippen molar-refractivity contribution in [3.63, 3.8) is 0 Å². The summed E-state index contributed by atoms with van der Waals surface area (Å²) >= 11 is 0. The standard InChI is InChI=1S/C15H19N5O3/c1-10-8-11(23-17-10)6-4-5-7-20-14(21)13-12(9-18(2)16-13)19(3)15(20)22/h8-9H,4-7H2,1-3H3. The lowest BCUT2D eigenvalue weighted by atomic mass is 10.2. The minimum Gasteiger partial charge on any atom is -0.361 e. The summed E-state index contributed by atoms with van der Waals surface area (Å²) in [5, 5.41) is 7.99. The molecule has 0 aliphatic heterocycles. The van der Waals surface area contributed by atoms with Crippen LogP contribution in [0.25, 0.3) is 11.0 Å². The van der Waals surface area contributed by atoms with E-state index >= 15 is 0 Å². The molecule has 8 heteroatoms. The first-order valence-corrected chi connectivity index (χ1v) is 7.53. The molecule has 0 fully saturated rings. The average Bonchev–Trinajstić information content (AvgIpc) is 3.10. The molecule has 0 atom stereocenters. The molecule has 3 rings (SSSR count). The van der Waals surface area contributed by atoms with E-state index in [1.54, 1.807) is 25.0 Å². The number of unbranched alkanes of at least 4 members (excludes halogenated alkanes) is 1. The number of rotatable bonds is 5. The molecule has 23 heavy (non-hydrogen) atoms. The van der Waals surface area contributed by atoms with Crippen LogP contribution in [0.5, 0.6) is 0 Å². The van der Waals surface area contributed by atoms with Crippen LogP contribution in [0.15, 0.2) is 26.4 Å². The zero-order valence-electron chi connectivity index (χ0n) is 13.4. The van der Waals surface area contributed by atoms with E-state index in [9.17, 15) is 9.59 Å². The van der Waals surface area contributed by atoms with Crippen LogP contribution in [0.4, 0.5) is 0 Å². The molecule has 0 unspecified atom stereocenters. The minimum absolute atomic E-state index is 0.314. The second kappa shape index (κ2) is 5.86. The smallest absolute Gasteiger partial charge is 0.331 e. The molecule has 0 spiro atoms. The summed E-state index contributed by atoms with van der Waals surface area (Å²) in [6, 6.07) is 1.89. The zero-order chi connectivity index (χ0) is 16.6. The summed E-state index contributed by atoms with van der Waals surface area (Å²) in [7, 11) is 3.38. The molecule has 3 heterocycles. The normalized spacial score (nSPS) is 11.4. The fourth-order valence-electron chi connectivity index (χ4n) is 2.67. The van der Waals surface area contributed by atoms with Gasteiger partial charge in [0.1, 0.15) is 5.76 Å². The van der Waals surface area contributed by atoms with E-state index in [0.717, 1.165) is 24.3 Å². The molecule has 0 amide bonds. The lowest BCUT2D eigenvalue weighted by Gasteiger charge is -2.07. The Hall–Kier alpha value is -2.64. The molecule has 0 radical (unpaired) electrons. The Morgan fingerprint density at radius 2 is 2.00 bits per heavy atom. The van der Waals surface area contributed by atoms with Crippen LogP contribution in [0.3, 0.4) is 0 Å². The summed E-state index contributed by atoms with van der Waals surface area (Å²) in [5.74, 6) is 0.822. The predicted octanol–water partition coefficient (Wildman–Crippen LogP) is 0.753. The largest absolute Gasteiger partial charge is 0.361 e. The zero-order valence-corrected chi connectivity index (χ0v) is 13.4. The molecule has 0 N–H and O–H groups in total. The molecule has 122 valence electrons. The van der Waals surface area contributed by atoms with Gasteiger partial charge < -0.3 is 4.52 Å². The predicted molar refractivity (Wildman–Crippen MR) is 84.4 cm³/mol. The van der Waals surface area contributed by atoms with E-state index in [0.29, 0.717) is 24.0 Å². The second-order valence-corrected chi connectivity index (χ2v) is 5.73. The van der Waals surface area contributed by atoms with Gasteiger partial charge in [-0.3, -0.25) is 18.6 Å². The Balaban J connectivity index is 1.77. The third-order valence-corrected chi connectivity index (χ3v) is 3.87. The van der Waals surface area contributed by atoms with Gasteiger partial charge in [0, 0.05) is 39.3 Å². The second-order valence-electron chi connectivity index (χ2n) is 5.73. The van der Waals surface area contributed by atoms with Crippen molar-refractivity contribution in [3.05, 3.63) is 44.6 Å². The summed E-state index contributed by atoms with van der Waals surface area (Å²) in [5.41, 5.74) is 1.08. The van der Waals surface area contributed by atoms with Gasteiger partial charge in [0.2, 0.25) is 0 Å². The quantitative estimate of drug-likeness (QED) is 0.648. The topological polar surface area (TPSA) is 87.9 Å². The van der Waals surface area contributed by atoms with Crippen molar-refractivity contribution < 1.29 is 4.52 Å². The molecule has 3 aromatic rings. The van der Waals surface area contributed by atoms with Gasteiger partial charge in [-0.1, -0.05) is 5.16 Å². The maximum Gasteiger partial charge on any atom is 0.331 e. The maximum atomic E-state index is 12.4. The van der Waals surface area contributed by atoms with Crippen LogP contribution in [0.2, 0.25) is 0 Å². The summed E-state index contributed by atoms with van der Waals surface area (Å²) in [6.45, 7) is 2.24. The Kier molecular flexibility index (Phi) is 3.89. The van der Waals surface area contributed by atoms with Gasteiger partial charge in [-0.25, -0.2) is 4.79 Å². The molecular formula is C15H19N5O3. The van der Waals surface area contributed by atoms with E-state index in [-0.39, 0.29) is 11.2 Å². The number of aryl methyl sites for hydroxylation is 4. The first-order chi connectivity index (χ1) is 11.0. The molecule has 3 aromatic heterocycles. The number of nitrogens with zero attached hydrogens (tertiary/aromatic N) is 5. The summed E-state index contributed by atoms with van der Waals surface area (Å²) < 4.78 is 9.40. The molecule has 0 saturated carbocycles. The maximum absolute atomic E-state index is 12.4. The SMILES string of the molecule is Cc1cc(CCCCn2c(=O)c3nn(C)cc3n(C)c2=O)on1. The molecule has 0 bridgehead atoms. The number of hydrogen-bond acceptors (Lipinski definition) is 5. The highest BCUT2D eigenvalue weighted by Crippen LogP contribution is 2.08. The average molecular weight is 317 g/mol. The number of hydrogen-bond donors (Lipinski definition) is 0. The molecule has 0 saturated heterocycles. The van der Waals surface area contributed by atoms with Crippen LogP contribution in [0.1, 0.15) is 24.3 Å². The first kappa shape index (κ1) is 15.3. The highest BCUT2D eigenvalue weighted by molar-refractivity contribution is 5.72. The Morgan fingerprint density at radius 3 is 2.70 bits per heavy atom. The first-order valence-electron chi connectivity index (χ1n) is 7.53. The van der Waals surface area contributed by atoms with Crippen molar-refractivity contribution in [1.82, 2.24) is 24.1 Å². The Morgan fingerprint density at radius 1 is 1.22 bits per heavy atom. The van der Waals surface area contributed by atoms with Gasteiger partial charge in [0.25, 0.3) is 5.56 Å². The molecule has 8 nitrogen and oxygen atoms in total. The van der Waals surface area contributed by atoms with E-state index in [4.69, 9.17) is 4.52 Å². The third-order valence-electron chi connectivity index (χ3n) is 3.87. The number of aromatic nitrogens is 5. The van der Waals surface area contributed by atoms with Crippen molar-refractivity contribution in [2.45, 2.75) is 32.7 Å². The summed E-state index contributed by atoms with van der Waals surface area (Å²) in [4.78, 5) is 24.8. The van der Waals surface area contributed by atoms with E-state index in [2.05, 4.69) is 10.3 Å². The van der Waals surface area contributed by atoms with Gasteiger partial charge in [-0.2, -0.15) is 5.10 Å². The highest BCUT2D eigenvalue weighted by atomic mass is 16.5. The van der Waals surface area contributed by atoms with Gasteiger partial charge >= 0.3 is 5.69 Å². The van der Waals surface area contributed by atoms with Crippen molar-refractivity contribution in [2.75, 3.05) is 0 Å². The van der Waals surface area contributed by atoms with Crippen LogP contribution < -0.4 is 11.2 Å². The van der Waals surface area contributed by atoms with Crippen molar-refractivity contribution >= 4 is 11.0 Å². The fourth-order valence-corrected chi connectivity index (χ4v) is 2.67. The van der Waals surface area contributed by atoms with Gasteiger partial charge in [-0.05, 0) is 19.8 Å². The Bertz CT molecular complexity index is 960. The van der Waals surface area contributed by atoms with Crippen LogP contribution in [-0.2, 0) is 27.1 Å². The van der Waals surface area contributed by atoms with Crippen molar-refractivity contribution in [1.29, 1.82) is 0 Å². The van der Waals surface area contributed by atoms with Gasteiger partial charge in [0.05, 0.1) is 11.2 Å². The fraction of sp³-hybridized carbons (Fsp3) is 0.467.